The number of hydrogen-bond acceptors (Lipinski definition) is 3. The van der Waals surface area contributed by atoms with E-state index in [2.05, 4.69) is 5.32 Å². The number of hydrogen-bond donors (Lipinski definition) is 3. The molecule has 1 aromatic rings. The summed E-state index contributed by atoms with van der Waals surface area (Å²) >= 11 is 0. The van der Waals surface area contributed by atoms with Crippen LogP contribution in [0, 0.1) is 0 Å². The number of nitrogens with one attached hydrogen (secondary N) is 1. The molecule has 0 radical (unpaired) electrons. The molecule has 0 aromatic heterocycles. The second kappa shape index (κ2) is 6.98. The quantitative estimate of drug-likeness (QED) is 0.590. The highest BCUT2D eigenvalue weighted by molar-refractivity contribution is 5.73. The van der Waals surface area contributed by atoms with Crippen LogP contribution in [0.3, 0.4) is 0 Å². The van der Waals surface area contributed by atoms with Crippen molar-refractivity contribution < 1.29 is 9.90 Å². The zero-order valence-corrected chi connectivity index (χ0v) is 9.23. The van der Waals surface area contributed by atoms with Gasteiger partial charge in [0.2, 0.25) is 5.91 Å². The Balaban J connectivity index is 2.16. The lowest BCUT2D eigenvalue weighted by molar-refractivity contribution is -0.118. The van der Waals surface area contributed by atoms with Gasteiger partial charge in [-0.1, -0.05) is 30.3 Å². The molecular weight excluding hydrogens is 204 g/mol. The van der Waals surface area contributed by atoms with E-state index in [1.165, 1.54) is 0 Å². The summed E-state index contributed by atoms with van der Waals surface area (Å²) in [6, 6.07) is 9.47. The smallest absolute Gasteiger partial charge is 0.217 e. The van der Waals surface area contributed by atoms with Gasteiger partial charge >= 0.3 is 0 Å². The van der Waals surface area contributed by atoms with Crippen molar-refractivity contribution >= 4 is 5.91 Å². The van der Waals surface area contributed by atoms with E-state index in [-0.39, 0.29) is 5.91 Å². The Hall–Kier alpha value is -1.39. The van der Waals surface area contributed by atoms with Gasteiger partial charge in [0.25, 0.3) is 0 Å². The molecule has 1 amide bonds. The number of primary amides is 1. The fourth-order valence-electron chi connectivity index (χ4n) is 1.42. The predicted octanol–water partition coefficient (Wildman–Crippen LogP) is 0.575. The van der Waals surface area contributed by atoms with Crippen LogP contribution in [0.1, 0.15) is 24.5 Å². The van der Waals surface area contributed by atoms with E-state index in [1.54, 1.807) is 0 Å². The van der Waals surface area contributed by atoms with E-state index in [0.29, 0.717) is 25.9 Å². The number of nitrogens with two attached hydrogens (primary N) is 1. The maximum Gasteiger partial charge on any atom is 0.217 e. The summed E-state index contributed by atoms with van der Waals surface area (Å²) < 4.78 is 0. The number of carbonyl (C=O) groups excluding carboxylic acids is 1. The van der Waals surface area contributed by atoms with Gasteiger partial charge in [-0.15, -0.1) is 0 Å². The SMILES string of the molecule is NC(=O)CCCNCC(O)c1ccccc1. The largest absolute Gasteiger partial charge is 0.387 e. The molecule has 0 saturated heterocycles. The van der Waals surface area contributed by atoms with Gasteiger partial charge in [0.15, 0.2) is 0 Å². The van der Waals surface area contributed by atoms with Crippen LogP contribution in [0.15, 0.2) is 30.3 Å². The minimum atomic E-state index is -0.505. The Kier molecular flexibility index (Phi) is 5.53. The fourth-order valence-corrected chi connectivity index (χ4v) is 1.42. The molecule has 0 spiro atoms. The van der Waals surface area contributed by atoms with Crippen molar-refractivity contribution in [2.75, 3.05) is 13.1 Å². The van der Waals surface area contributed by atoms with Gasteiger partial charge in [-0.05, 0) is 18.5 Å². The molecule has 0 fully saturated rings. The van der Waals surface area contributed by atoms with Crippen molar-refractivity contribution in [3.8, 4) is 0 Å². The van der Waals surface area contributed by atoms with Crippen LogP contribution in [0.5, 0.6) is 0 Å². The van der Waals surface area contributed by atoms with Crippen LogP contribution in [0.4, 0.5) is 0 Å². The molecule has 16 heavy (non-hydrogen) atoms. The van der Waals surface area contributed by atoms with E-state index < -0.39 is 6.10 Å². The molecule has 0 aliphatic heterocycles. The minimum absolute atomic E-state index is 0.287. The summed E-state index contributed by atoms with van der Waals surface area (Å²) in [4.78, 5) is 10.5. The van der Waals surface area contributed by atoms with Gasteiger partial charge in [-0.3, -0.25) is 4.79 Å². The second-order valence-electron chi connectivity index (χ2n) is 3.70. The average molecular weight is 222 g/mol. The van der Waals surface area contributed by atoms with E-state index in [0.717, 1.165) is 5.56 Å². The van der Waals surface area contributed by atoms with Gasteiger partial charge in [0.05, 0.1) is 6.10 Å². The van der Waals surface area contributed by atoms with Crippen molar-refractivity contribution in [1.82, 2.24) is 5.32 Å². The molecule has 1 atom stereocenters. The van der Waals surface area contributed by atoms with E-state index in [4.69, 9.17) is 5.73 Å². The Labute approximate surface area is 95.5 Å². The maximum atomic E-state index is 10.5. The molecule has 0 aliphatic carbocycles. The zero-order chi connectivity index (χ0) is 11.8. The molecular formula is C12H18N2O2. The third-order valence-corrected chi connectivity index (χ3v) is 2.30. The van der Waals surface area contributed by atoms with Gasteiger partial charge < -0.3 is 16.2 Å². The topological polar surface area (TPSA) is 75.4 Å². The number of benzene rings is 1. The highest BCUT2D eigenvalue weighted by atomic mass is 16.3. The minimum Gasteiger partial charge on any atom is -0.387 e. The van der Waals surface area contributed by atoms with Gasteiger partial charge in [0.1, 0.15) is 0 Å². The monoisotopic (exact) mass is 222 g/mol. The molecule has 4 nitrogen and oxygen atoms in total. The molecule has 4 heteroatoms. The molecule has 0 bridgehead atoms. The number of carbonyl (C=O) groups is 1. The van der Waals surface area contributed by atoms with E-state index in [1.807, 2.05) is 30.3 Å². The van der Waals surface area contributed by atoms with Crippen LogP contribution < -0.4 is 11.1 Å². The van der Waals surface area contributed by atoms with Crippen molar-refractivity contribution in [2.45, 2.75) is 18.9 Å². The molecule has 1 aromatic carbocycles. The Bertz CT molecular complexity index is 314. The first kappa shape index (κ1) is 12.7. The summed E-state index contributed by atoms with van der Waals surface area (Å²) in [6.45, 7) is 1.18. The van der Waals surface area contributed by atoms with Crippen molar-refractivity contribution in [3.63, 3.8) is 0 Å². The first-order valence-corrected chi connectivity index (χ1v) is 5.42. The highest BCUT2D eigenvalue weighted by Gasteiger charge is 2.05. The third kappa shape index (κ3) is 4.91. The predicted molar refractivity (Wildman–Crippen MR) is 62.7 cm³/mol. The average Bonchev–Trinajstić information content (AvgIpc) is 2.29. The maximum absolute atomic E-state index is 10.5. The van der Waals surface area contributed by atoms with Gasteiger partial charge in [0, 0.05) is 13.0 Å². The van der Waals surface area contributed by atoms with Crippen LogP contribution >= 0.6 is 0 Å². The van der Waals surface area contributed by atoms with Crippen LogP contribution in [0.2, 0.25) is 0 Å². The van der Waals surface area contributed by atoms with Crippen molar-refractivity contribution in [3.05, 3.63) is 35.9 Å². The Morgan fingerprint density at radius 1 is 1.38 bits per heavy atom. The molecule has 88 valence electrons. The highest BCUT2D eigenvalue weighted by Crippen LogP contribution is 2.10. The Morgan fingerprint density at radius 3 is 2.69 bits per heavy atom. The summed E-state index contributed by atoms with van der Waals surface area (Å²) in [5, 5.41) is 12.9. The van der Waals surface area contributed by atoms with Gasteiger partial charge in [-0.25, -0.2) is 0 Å². The lowest BCUT2D eigenvalue weighted by Gasteiger charge is -2.11. The molecule has 0 heterocycles. The first-order chi connectivity index (χ1) is 7.70. The fraction of sp³-hybridized carbons (Fsp3) is 0.417. The number of rotatable bonds is 7. The number of aliphatic hydroxyl groups excluding tert-OH is 1. The van der Waals surface area contributed by atoms with Crippen molar-refractivity contribution in [2.24, 2.45) is 5.73 Å². The Morgan fingerprint density at radius 2 is 2.06 bits per heavy atom. The lowest BCUT2D eigenvalue weighted by atomic mass is 10.1. The zero-order valence-electron chi connectivity index (χ0n) is 9.23. The molecule has 0 saturated carbocycles. The van der Waals surface area contributed by atoms with Crippen LogP contribution in [0.25, 0.3) is 0 Å². The standard InChI is InChI=1S/C12H18N2O2/c13-12(16)7-4-8-14-9-11(15)10-5-2-1-3-6-10/h1-3,5-6,11,14-15H,4,7-9H2,(H2,13,16). The summed E-state index contributed by atoms with van der Waals surface area (Å²) in [5.74, 6) is -0.287. The first-order valence-electron chi connectivity index (χ1n) is 5.42. The summed E-state index contributed by atoms with van der Waals surface area (Å²) in [7, 11) is 0. The molecule has 1 unspecified atom stereocenters. The van der Waals surface area contributed by atoms with Crippen LogP contribution in [-0.2, 0) is 4.79 Å². The number of aliphatic hydroxyl groups is 1. The molecule has 0 aliphatic rings. The van der Waals surface area contributed by atoms with Crippen molar-refractivity contribution in [1.29, 1.82) is 0 Å². The second-order valence-corrected chi connectivity index (χ2v) is 3.70. The third-order valence-electron chi connectivity index (χ3n) is 2.30. The van der Waals surface area contributed by atoms with Gasteiger partial charge in [-0.2, -0.15) is 0 Å². The lowest BCUT2D eigenvalue weighted by Crippen LogP contribution is -2.23. The normalized spacial score (nSPS) is 12.3. The molecule has 4 N–H and O–H groups in total. The molecule has 1 rings (SSSR count). The number of amides is 1. The summed E-state index contributed by atoms with van der Waals surface area (Å²) in [6.07, 6.45) is 0.584. The van der Waals surface area contributed by atoms with E-state index >= 15 is 0 Å². The van der Waals surface area contributed by atoms with Crippen LogP contribution in [-0.4, -0.2) is 24.1 Å². The summed E-state index contributed by atoms with van der Waals surface area (Å²) in [5.41, 5.74) is 5.90. The van der Waals surface area contributed by atoms with E-state index in [9.17, 15) is 9.90 Å².